The second-order valence-corrected chi connectivity index (χ2v) is 5.61. The molecule has 1 aromatic rings. The summed E-state index contributed by atoms with van der Waals surface area (Å²) < 4.78 is 10.5. The number of nitrogens with one attached hydrogen (secondary N) is 1. The van der Waals surface area contributed by atoms with E-state index >= 15 is 0 Å². The molecule has 1 aromatic carbocycles. The van der Waals surface area contributed by atoms with Gasteiger partial charge in [0.1, 0.15) is 11.5 Å². The lowest BCUT2D eigenvalue weighted by Gasteiger charge is -2.20. The fourth-order valence-corrected chi connectivity index (χ4v) is 2.53. The molecular weight excluding hydrogens is 284 g/mol. The minimum atomic E-state index is -0.332. The smallest absolute Gasteiger partial charge is 0.227 e. The van der Waals surface area contributed by atoms with Gasteiger partial charge in [0.2, 0.25) is 11.8 Å². The van der Waals surface area contributed by atoms with E-state index in [-0.39, 0.29) is 30.2 Å². The Balaban J connectivity index is 2.20. The van der Waals surface area contributed by atoms with E-state index in [4.69, 9.17) is 9.47 Å². The lowest BCUT2D eigenvalue weighted by Crippen LogP contribution is -2.37. The van der Waals surface area contributed by atoms with Crippen LogP contribution in [0.5, 0.6) is 11.5 Å². The van der Waals surface area contributed by atoms with Gasteiger partial charge in [0, 0.05) is 25.1 Å². The summed E-state index contributed by atoms with van der Waals surface area (Å²) in [6, 6.07) is 5.34. The summed E-state index contributed by atoms with van der Waals surface area (Å²) in [4.78, 5) is 25.9. The Hall–Kier alpha value is -2.24. The van der Waals surface area contributed by atoms with Gasteiger partial charge in [0.05, 0.1) is 25.8 Å². The molecule has 2 amide bonds. The van der Waals surface area contributed by atoms with Crippen LogP contribution in [0.15, 0.2) is 18.2 Å². The van der Waals surface area contributed by atoms with Crippen molar-refractivity contribution in [2.75, 3.05) is 25.7 Å². The molecule has 1 atom stereocenters. The Bertz CT molecular complexity index is 571. The highest BCUT2D eigenvalue weighted by molar-refractivity contribution is 6.01. The average Bonchev–Trinajstić information content (AvgIpc) is 2.87. The van der Waals surface area contributed by atoms with Crippen molar-refractivity contribution in [2.45, 2.75) is 26.3 Å². The fraction of sp³-hybridized carbons (Fsp3) is 0.500. The third-order valence-electron chi connectivity index (χ3n) is 3.60. The van der Waals surface area contributed by atoms with Crippen molar-refractivity contribution in [2.24, 2.45) is 5.92 Å². The second kappa shape index (κ2) is 6.68. The van der Waals surface area contributed by atoms with Crippen LogP contribution in [-0.4, -0.2) is 38.6 Å². The first kappa shape index (κ1) is 16.1. The molecule has 0 aliphatic carbocycles. The largest absolute Gasteiger partial charge is 0.497 e. The molecule has 1 fully saturated rings. The first-order chi connectivity index (χ1) is 10.5. The van der Waals surface area contributed by atoms with Gasteiger partial charge in [-0.05, 0) is 26.0 Å². The molecule has 22 heavy (non-hydrogen) atoms. The summed E-state index contributed by atoms with van der Waals surface area (Å²) in [6.45, 7) is 4.16. The SMILES string of the molecule is COc1ccc(N2C[C@H](C(=O)NC(C)C)CC2=O)c(OC)c1. The summed E-state index contributed by atoms with van der Waals surface area (Å²) in [7, 11) is 3.11. The number of benzene rings is 1. The molecule has 1 aliphatic rings. The van der Waals surface area contributed by atoms with Crippen LogP contribution in [0.3, 0.4) is 0 Å². The van der Waals surface area contributed by atoms with Gasteiger partial charge in [-0.2, -0.15) is 0 Å². The summed E-state index contributed by atoms with van der Waals surface area (Å²) in [6.07, 6.45) is 0.216. The molecule has 0 radical (unpaired) electrons. The normalized spacial score (nSPS) is 17.8. The van der Waals surface area contributed by atoms with Crippen LogP contribution in [-0.2, 0) is 9.59 Å². The number of nitrogens with zero attached hydrogens (tertiary/aromatic N) is 1. The number of methoxy groups -OCH3 is 2. The zero-order valence-corrected chi connectivity index (χ0v) is 13.4. The average molecular weight is 306 g/mol. The minimum absolute atomic E-state index is 0.0622. The molecule has 0 aromatic heterocycles. The maximum atomic E-state index is 12.3. The van der Waals surface area contributed by atoms with E-state index in [0.717, 1.165) is 0 Å². The van der Waals surface area contributed by atoms with E-state index in [1.165, 1.54) is 0 Å². The van der Waals surface area contributed by atoms with Crippen LogP contribution in [0.1, 0.15) is 20.3 Å². The van der Waals surface area contributed by atoms with E-state index in [9.17, 15) is 9.59 Å². The Morgan fingerprint density at radius 3 is 2.64 bits per heavy atom. The Labute approximate surface area is 130 Å². The third kappa shape index (κ3) is 3.32. The molecular formula is C16H22N2O4. The Morgan fingerprint density at radius 2 is 2.05 bits per heavy atom. The van der Waals surface area contributed by atoms with E-state index in [2.05, 4.69) is 5.32 Å². The standard InChI is InChI=1S/C16H22N2O4/c1-10(2)17-16(20)11-7-15(19)18(9-11)13-6-5-12(21-3)8-14(13)22-4/h5-6,8,10-11H,7,9H2,1-4H3,(H,17,20)/t11-/m1/s1. The van der Waals surface area contributed by atoms with Gasteiger partial charge >= 0.3 is 0 Å². The number of rotatable bonds is 5. The lowest BCUT2D eigenvalue weighted by atomic mass is 10.1. The molecule has 0 spiro atoms. The molecule has 6 heteroatoms. The third-order valence-corrected chi connectivity index (χ3v) is 3.60. The summed E-state index contributed by atoms with van der Waals surface area (Å²) in [5.74, 6) is 0.714. The number of anilines is 1. The molecule has 0 unspecified atom stereocenters. The number of hydrogen-bond donors (Lipinski definition) is 1. The molecule has 2 rings (SSSR count). The molecule has 0 saturated carbocycles. The van der Waals surface area contributed by atoms with E-state index < -0.39 is 0 Å². The van der Waals surface area contributed by atoms with Crippen molar-refractivity contribution in [1.29, 1.82) is 0 Å². The quantitative estimate of drug-likeness (QED) is 0.897. The van der Waals surface area contributed by atoms with Crippen LogP contribution in [0, 0.1) is 5.92 Å². The van der Waals surface area contributed by atoms with E-state index in [1.807, 2.05) is 13.8 Å². The first-order valence-corrected chi connectivity index (χ1v) is 7.29. The zero-order valence-electron chi connectivity index (χ0n) is 13.4. The van der Waals surface area contributed by atoms with Gasteiger partial charge in [-0.25, -0.2) is 0 Å². The zero-order chi connectivity index (χ0) is 16.3. The van der Waals surface area contributed by atoms with Gasteiger partial charge in [0.25, 0.3) is 0 Å². The molecule has 120 valence electrons. The van der Waals surface area contributed by atoms with Crippen LogP contribution in [0.25, 0.3) is 0 Å². The van der Waals surface area contributed by atoms with Crippen molar-refractivity contribution in [3.8, 4) is 11.5 Å². The molecule has 0 bridgehead atoms. The van der Waals surface area contributed by atoms with Crippen molar-refractivity contribution >= 4 is 17.5 Å². The van der Waals surface area contributed by atoms with Crippen LogP contribution in [0.2, 0.25) is 0 Å². The Kier molecular flexibility index (Phi) is 4.90. The molecule has 1 heterocycles. The maximum absolute atomic E-state index is 12.3. The van der Waals surface area contributed by atoms with Crippen molar-refractivity contribution in [3.63, 3.8) is 0 Å². The summed E-state index contributed by atoms with van der Waals surface area (Å²) in [5, 5.41) is 2.86. The van der Waals surface area contributed by atoms with Crippen molar-refractivity contribution in [3.05, 3.63) is 18.2 Å². The van der Waals surface area contributed by atoms with Gasteiger partial charge in [-0.1, -0.05) is 0 Å². The van der Waals surface area contributed by atoms with Gasteiger partial charge < -0.3 is 19.7 Å². The molecule has 6 nitrogen and oxygen atoms in total. The van der Waals surface area contributed by atoms with Gasteiger partial charge in [-0.15, -0.1) is 0 Å². The van der Waals surface area contributed by atoms with Crippen LogP contribution < -0.4 is 19.7 Å². The number of amides is 2. The number of carbonyl (C=O) groups excluding carboxylic acids is 2. The second-order valence-electron chi connectivity index (χ2n) is 5.61. The molecule has 1 saturated heterocycles. The van der Waals surface area contributed by atoms with Crippen LogP contribution in [0.4, 0.5) is 5.69 Å². The lowest BCUT2D eigenvalue weighted by molar-refractivity contribution is -0.126. The predicted octanol–water partition coefficient (Wildman–Crippen LogP) is 1.58. The summed E-state index contributed by atoms with van der Waals surface area (Å²) in [5.41, 5.74) is 0.660. The topological polar surface area (TPSA) is 67.9 Å². The molecule has 1 N–H and O–H groups in total. The number of ether oxygens (including phenoxy) is 2. The van der Waals surface area contributed by atoms with E-state index in [1.54, 1.807) is 37.3 Å². The first-order valence-electron chi connectivity index (χ1n) is 7.29. The summed E-state index contributed by atoms with van der Waals surface area (Å²) >= 11 is 0. The Morgan fingerprint density at radius 1 is 1.32 bits per heavy atom. The highest BCUT2D eigenvalue weighted by atomic mass is 16.5. The highest BCUT2D eigenvalue weighted by Crippen LogP contribution is 2.35. The van der Waals surface area contributed by atoms with Gasteiger partial charge in [0.15, 0.2) is 0 Å². The van der Waals surface area contributed by atoms with Crippen LogP contribution >= 0.6 is 0 Å². The monoisotopic (exact) mass is 306 g/mol. The van der Waals surface area contributed by atoms with Gasteiger partial charge in [-0.3, -0.25) is 9.59 Å². The number of carbonyl (C=O) groups is 2. The van der Waals surface area contributed by atoms with E-state index in [0.29, 0.717) is 23.7 Å². The number of hydrogen-bond acceptors (Lipinski definition) is 4. The van der Waals surface area contributed by atoms with Crippen molar-refractivity contribution in [1.82, 2.24) is 5.32 Å². The molecule has 1 aliphatic heterocycles. The maximum Gasteiger partial charge on any atom is 0.227 e. The van der Waals surface area contributed by atoms with Crippen molar-refractivity contribution < 1.29 is 19.1 Å². The minimum Gasteiger partial charge on any atom is -0.497 e. The fourth-order valence-electron chi connectivity index (χ4n) is 2.53. The highest BCUT2D eigenvalue weighted by Gasteiger charge is 2.36. The predicted molar refractivity (Wildman–Crippen MR) is 83.3 cm³/mol.